The van der Waals surface area contributed by atoms with Gasteiger partial charge in [-0.2, -0.15) is 5.01 Å². The molecule has 1 saturated heterocycles. The maximum absolute atomic E-state index is 12.8. The van der Waals surface area contributed by atoms with Crippen molar-refractivity contribution in [3.05, 3.63) is 101 Å². The van der Waals surface area contributed by atoms with Gasteiger partial charge in [0.25, 0.3) is 11.8 Å². The van der Waals surface area contributed by atoms with Crippen LogP contribution in [0.4, 0.5) is 0 Å². The van der Waals surface area contributed by atoms with Crippen molar-refractivity contribution in [3.63, 3.8) is 0 Å². The van der Waals surface area contributed by atoms with Crippen molar-refractivity contribution in [3.8, 4) is 11.5 Å². The van der Waals surface area contributed by atoms with Crippen LogP contribution in [0.5, 0.6) is 11.5 Å². The zero-order chi connectivity index (χ0) is 20.9. The number of hydrazine groups is 1. The minimum absolute atomic E-state index is 0.271. The fraction of sp³-hybridized carbons (Fsp3) is 0. The molecule has 3 aromatic carbocycles. The highest BCUT2D eigenvalue weighted by Crippen LogP contribution is 2.32. The number of hydrogen-bond donors (Lipinski definition) is 1. The van der Waals surface area contributed by atoms with E-state index < -0.39 is 5.91 Å². The third kappa shape index (κ3) is 4.59. The SMILES string of the molecule is O=C(NN1C(=O)/C(=C/c2cccc(Oc3ccccc3)c2)SC1=S)c1ccccc1. The van der Waals surface area contributed by atoms with Crippen LogP contribution in [0.1, 0.15) is 15.9 Å². The highest BCUT2D eigenvalue weighted by molar-refractivity contribution is 8.26. The molecule has 2 amide bonds. The smallest absolute Gasteiger partial charge is 0.285 e. The molecule has 0 bridgehead atoms. The molecular formula is C23H16N2O3S2. The summed E-state index contributed by atoms with van der Waals surface area (Å²) in [5, 5.41) is 1.10. The molecule has 3 aromatic rings. The van der Waals surface area contributed by atoms with Crippen molar-refractivity contribution in [2.45, 2.75) is 0 Å². The molecule has 148 valence electrons. The van der Waals surface area contributed by atoms with Crippen molar-refractivity contribution < 1.29 is 14.3 Å². The van der Waals surface area contributed by atoms with E-state index in [4.69, 9.17) is 17.0 Å². The highest BCUT2D eigenvalue weighted by atomic mass is 32.2. The van der Waals surface area contributed by atoms with Gasteiger partial charge in [-0.25, -0.2) is 0 Å². The first kappa shape index (κ1) is 19.9. The Morgan fingerprint density at radius 3 is 2.33 bits per heavy atom. The van der Waals surface area contributed by atoms with E-state index in [1.807, 2.05) is 60.7 Å². The first-order valence-electron chi connectivity index (χ1n) is 9.07. The molecule has 1 heterocycles. The lowest BCUT2D eigenvalue weighted by atomic mass is 10.2. The molecule has 1 aliphatic heterocycles. The van der Waals surface area contributed by atoms with E-state index in [-0.39, 0.29) is 10.2 Å². The third-order valence-electron chi connectivity index (χ3n) is 4.18. The zero-order valence-corrected chi connectivity index (χ0v) is 17.3. The lowest BCUT2D eigenvalue weighted by Gasteiger charge is -2.15. The van der Waals surface area contributed by atoms with Gasteiger partial charge >= 0.3 is 0 Å². The number of thiocarbonyl (C=S) groups is 1. The molecule has 1 aliphatic rings. The largest absolute Gasteiger partial charge is 0.457 e. The zero-order valence-electron chi connectivity index (χ0n) is 15.6. The van der Waals surface area contributed by atoms with E-state index in [0.717, 1.165) is 28.1 Å². The number of nitrogens with one attached hydrogen (secondary N) is 1. The van der Waals surface area contributed by atoms with Crippen molar-refractivity contribution in [2.75, 3.05) is 0 Å². The number of ether oxygens (including phenoxy) is 1. The maximum Gasteiger partial charge on any atom is 0.285 e. The summed E-state index contributed by atoms with van der Waals surface area (Å²) in [6.07, 6.45) is 1.73. The molecule has 0 radical (unpaired) electrons. The Hall–Kier alpha value is -3.42. The topological polar surface area (TPSA) is 58.6 Å². The number of rotatable bonds is 5. The number of benzene rings is 3. The van der Waals surface area contributed by atoms with Gasteiger partial charge in [0.2, 0.25) is 0 Å². The summed E-state index contributed by atoms with van der Waals surface area (Å²) in [5.74, 6) is 0.613. The van der Waals surface area contributed by atoms with E-state index in [9.17, 15) is 9.59 Å². The Morgan fingerprint density at radius 1 is 0.933 bits per heavy atom. The van der Waals surface area contributed by atoms with Crippen molar-refractivity contribution in [2.24, 2.45) is 0 Å². The average molecular weight is 433 g/mol. The molecule has 4 rings (SSSR count). The molecule has 0 saturated carbocycles. The molecule has 0 spiro atoms. The first-order chi connectivity index (χ1) is 14.6. The number of carbonyl (C=O) groups excluding carboxylic acids is 2. The Bertz CT molecular complexity index is 1130. The molecule has 7 heteroatoms. The summed E-state index contributed by atoms with van der Waals surface area (Å²) >= 11 is 6.42. The molecule has 0 unspecified atom stereocenters. The van der Waals surface area contributed by atoms with Crippen LogP contribution in [0.15, 0.2) is 89.8 Å². The molecule has 30 heavy (non-hydrogen) atoms. The number of hydrogen-bond acceptors (Lipinski definition) is 5. The summed E-state index contributed by atoms with van der Waals surface area (Å²) in [7, 11) is 0. The van der Waals surface area contributed by atoms with Gasteiger partial charge < -0.3 is 4.74 Å². The van der Waals surface area contributed by atoms with Crippen molar-refractivity contribution in [1.29, 1.82) is 0 Å². The lowest BCUT2D eigenvalue weighted by molar-refractivity contribution is -0.123. The fourth-order valence-corrected chi connectivity index (χ4v) is 3.94. The van der Waals surface area contributed by atoms with Crippen LogP contribution >= 0.6 is 24.0 Å². The minimum Gasteiger partial charge on any atom is -0.457 e. The summed E-state index contributed by atoms with van der Waals surface area (Å²) < 4.78 is 6.11. The first-order valence-corrected chi connectivity index (χ1v) is 10.3. The van der Waals surface area contributed by atoms with Crippen LogP contribution in [0, 0.1) is 0 Å². The second-order valence-electron chi connectivity index (χ2n) is 6.31. The van der Waals surface area contributed by atoms with Crippen LogP contribution in [0.3, 0.4) is 0 Å². The van der Waals surface area contributed by atoms with E-state index in [0.29, 0.717) is 16.2 Å². The quantitative estimate of drug-likeness (QED) is 0.453. The predicted octanol–water partition coefficient (Wildman–Crippen LogP) is 5.03. The van der Waals surface area contributed by atoms with Gasteiger partial charge in [-0.1, -0.05) is 60.3 Å². The van der Waals surface area contributed by atoms with Crippen LogP contribution in [0.2, 0.25) is 0 Å². The molecule has 1 fully saturated rings. The van der Waals surface area contributed by atoms with E-state index in [2.05, 4.69) is 5.43 Å². The van der Waals surface area contributed by atoms with Gasteiger partial charge in [0.15, 0.2) is 4.32 Å². The van der Waals surface area contributed by atoms with E-state index in [1.54, 1.807) is 30.3 Å². The monoisotopic (exact) mass is 432 g/mol. The number of thioether (sulfide) groups is 1. The van der Waals surface area contributed by atoms with Gasteiger partial charge in [0, 0.05) is 5.56 Å². The standard InChI is InChI=1S/C23H16N2O3S2/c26-21(17-9-3-1-4-10-17)24-25-22(27)20(30-23(25)29)15-16-8-7-13-19(14-16)28-18-11-5-2-6-12-18/h1-15H,(H,24,26)/b20-15-. The summed E-state index contributed by atoms with van der Waals surface area (Å²) in [4.78, 5) is 25.6. The second-order valence-corrected chi connectivity index (χ2v) is 7.99. The number of para-hydroxylation sites is 1. The maximum atomic E-state index is 12.8. The van der Waals surface area contributed by atoms with E-state index in [1.165, 1.54) is 0 Å². The Balaban J connectivity index is 1.49. The van der Waals surface area contributed by atoms with Gasteiger partial charge in [-0.3, -0.25) is 15.0 Å². The predicted molar refractivity (Wildman–Crippen MR) is 122 cm³/mol. The molecule has 0 aliphatic carbocycles. The minimum atomic E-state index is -0.397. The second kappa shape index (κ2) is 8.94. The van der Waals surface area contributed by atoms with Crippen molar-refractivity contribution in [1.82, 2.24) is 10.4 Å². The molecule has 0 atom stereocenters. The molecule has 5 nitrogen and oxygen atoms in total. The number of nitrogens with zero attached hydrogens (tertiary/aromatic N) is 1. The summed E-state index contributed by atoms with van der Waals surface area (Å²) in [5.41, 5.74) is 3.81. The number of amides is 2. The van der Waals surface area contributed by atoms with E-state index >= 15 is 0 Å². The summed E-state index contributed by atoms with van der Waals surface area (Å²) in [6.45, 7) is 0. The van der Waals surface area contributed by atoms with Crippen LogP contribution < -0.4 is 10.2 Å². The average Bonchev–Trinajstić information content (AvgIpc) is 3.02. The van der Waals surface area contributed by atoms with Crippen LogP contribution in [-0.4, -0.2) is 21.1 Å². The van der Waals surface area contributed by atoms with Gasteiger partial charge in [0.05, 0.1) is 4.91 Å². The number of carbonyl (C=O) groups is 2. The Kier molecular flexibility index (Phi) is 5.92. The Labute approximate surface area is 183 Å². The Morgan fingerprint density at radius 2 is 1.60 bits per heavy atom. The fourth-order valence-electron chi connectivity index (χ4n) is 2.76. The van der Waals surface area contributed by atoms with Crippen molar-refractivity contribution >= 4 is 46.2 Å². The van der Waals surface area contributed by atoms with Gasteiger partial charge in [-0.05, 0) is 60.3 Å². The summed E-state index contributed by atoms with van der Waals surface area (Å²) in [6, 6.07) is 25.5. The van der Waals surface area contributed by atoms with Crippen LogP contribution in [-0.2, 0) is 4.79 Å². The molecule has 0 aromatic heterocycles. The van der Waals surface area contributed by atoms with Crippen LogP contribution in [0.25, 0.3) is 6.08 Å². The lowest BCUT2D eigenvalue weighted by Crippen LogP contribution is -2.44. The van der Waals surface area contributed by atoms with Gasteiger partial charge in [0.1, 0.15) is 11.5 Å². The molecular weight excluding hydrogens is 416 g/mol. The molecule has 1 N–H and O–H groups in total. The third-order valence-corrected chi connectivity index (χ3v) is 5.48. The normalized spacial score (nSPS) is 14.8. The van der Waals surface area contributed by atoms with Gasteiger partial charge in [-0.15, -0.1) is 0 Å². The highest BCUT2D eigenvalue weighted by Gasteiger charge is 2.33.